The fourth-order valence-electron chi connectivity index (χ4n) is 1.24. The smallest absolute Gasteiger partial charge is 0.232 e. The van der Waals surface area contributed by atoms with Crippen molar-refractivity contribution >= 4 is 0 Å². The van der Waals surface area contributed by atoms with Crippen molar-refractivity contribution in [3.63, 3.8) is 0 Å². The summed E-state index contributed by atoms with van der Waals surface area (Å²) >= 11 is 0. The normalized spacial score (nSPS) is 10.8. The lowest BCUT2D eigenvalue weighted by molar-refractivity contribution is 0.302. The van der Waals surface area contributed by atoms with Gasteiger partial charge in [-0.25, -0.2) is 4.98 Å². The van der Waals surface area contributed by atoms with Crippen LogP contribution in [0.2, 0.25) is 0 Å². The van der Waals surface area contributed by atoms with Gasteiger partial charge in [0.1, 0.15) is 0 Å². The van der Waals surface area contributed by atoms with Crippen LogP contribution in [0, 0.1) is 5.92 Å². The molecular weight excluding hydrogens is 202 g/mol. The van der Waals surface area contributed by atoms with E-state index in [0.717, 1.165) is 25.2 Å². The maximum atomic E-state index is 5.42. The topological polar surface area (TPSA) is 47.0 Å². The van der Waals surface area contributed by atoms with E-state index in [0.29, 0.717) is 18.4 Å². The summed E-state index contributed by atoms with van der Waals surface area (Å²) in [6.07, 6.45) is 4.41. The van der Waals surface area contributed by atoms with Crippen molar-refractivity contribution in [2.45, 2.75) is 33.7 Å². The molecule has 0 fully saturated rings. The molecule has 1 heterocycles. The molecule has 0 saturated carbocycles. The summed E-state index contributed by atoms with van der Waals surface area (Å²) < 4.78 is 5.42. The van der Waals surface area contributed by atoms with E-state index < -0.39 is 0 Å². The zero-order chi connectivity index (χ0) is 11.8. The summed E-state index contributed by atoms with van der Waals surface area (Å²) in [5, 5.41) is 3.33. The second-order valence-electron chi connectivity index (χ2n) is 4.22. The fourth-order valence-corrected chi connectivity index (χ4v) is 1.24. The molecule has 0 saturated heterocycles. The number of hydrogen-bond donors (Lipinski definition) is 1. The molecule has 0 bridgehead atoms. The van der Waals surface area contributed by atoms with Gasteiger partial charge in [-0.15, -0.1) is 0 Å². The molecule has 1 aromatic rings. The van der Waals surface area contributed by atoms with Crippen LogP contribution >= 0.6 is 0 Å². The van der Waals surface area contributed by atoms with E-state index in [4.69, 9.17) is 4.74 Å². The molecule has 16 heavy (non-hydrogen) atoms. The Bertz CT molecular complexity index is 302. The summed E-state index contributed by atoms with van der Waals surface area (Å²) in [5.41, 5.74) is 0.925. The van der Waals surface area contributed by atoms with Crippen molar-refractivity contribution in [1.29, 1.82) is 0 Å². The van der Waals surface area contributed by atoms with Crippen LogP contribution in [0.4, 0.5) is 0 Å². The van der Waals surface area contributed by atoms with Gasteiger partial charge in [-0.2, -0.15) is 0 Å². The zero-order valence-electron chi connectivity index (χ0n) is 10.4. The van der Waals surface area contributed by atoms with Crippen molar-refractivity contribution < 1.29 is 4.74 Å². The highest BCUT2D eigenvalue weighted by atomic mass is 16.5. The lowest BCUT2D eigenvalue weighted by Gasteiger charge is -2.08. The van der Waals surface area contributed by atoms with E-state index in [9.17, 15) is 0 Å². The quantitative estimate of drug-likeness (QED) is 0.768. The molecule has 1 N–H and O–H groups in total. The number of nitrogens with zero attached hydrogens (tertiary/aromatic N) is 2. The van der Waals surface area contributed by atoms with Crippen molar-refractivity contribution in [3.05, 3.63) is 18.1 Å². The second-order valence-corrected chi connectivity index (χ2v) is 4.22. The van der Waals surface area contributed by atoms with E-state index in [1.165, 1.54) is 0 Å². The van der Waals surface area contributed by atoms with Crippen molar-refractivity contribution in [2.24, 2.45) is 5.92 Å². The van der Waals surface area contributed by atoms with Gasteiger partial charge in [-0.3, -0.25) is 4.98 Å². The second kappa shape index (κ2) is 7.17. The van der Waals surface area contributed by atoms with Crippen molar-refractivity contribution in [2.75, 3.05) is 13.2 Å². The number of rotatable bonds is 7. The molecule has 0 spiro atoms. The van der Waals surface area contributed by atoms with E-state index in [1.807, 2.05) is 0 Å². The Hall–Kier alpha value is -1.16. The SMILES string of the molecule is CCCOc1cncc(CNCC(C)C)n1. The molecule has 0 aromatic carbocycles. The third-order valence-electron chi connectivity index (χ3n) is 1.98. The van der Waals surface area contributed by atoms with Gasteiger partial charge in [0.25, 0.3) is 0 Å². The Kier molecular flexibility index (Phi) is 5.78. The van der Waals surface area contributed by atoms with Crippen molar-refractivity contribution in [1.82, 2.24) is 15.3 Å². The minimum Gasteiger partial charge on any atom is -0.477 e. The van der Waals surface area contributed by atoms with Crippen LogP contribution in [-0.4, -0.2) is 23.1 Å². The molecule has 90 valence electrons. The van der Waals surface area contributed by atoms with E-state index in [-0.39, 0.29) is 0 Å². The Morgan fingerprint density at radius 1 is 1.38 bits per heavy atom. The molecule has 4 nitrogen and oxygen atoms in total. The van der Waals surface area contributed by atoms with Gasteiger partial charge < -0.3 is 10.1 Å². The fraction of sp³-hybridized carbons (Fsp3) is 0.667. The standard InChI is InChI=1S/C12H21N3O/c1-4-5-16-12-9-14-8-11(15-12)7-13-6-10(2)3/h8-10,13H,4-7H2,1-3H3. The lowest BCUT2D eigenvalue weighted by Crippen LogP contribution is -2.19. The first-order valence-corrected chi connectivity index (χ1v) is 5.86. The number of nitrogens with one attached hydrogen (secondary N) is 1. The number of hydrogen-bond acceptors (Lipinski definition) is 4. The van der Waals surface area contributed by atoms with Gasteiger partial charge in [-0.1, -0.05) is 20.8 Å². The largest absolute Gasteiger partial charge is 0.477 e. The lowest BCUT2D eigenvalue weighted by atomic mass is 10.2. The third kappa shape index (κ3) is 5.07. The van der Waals surface area contributed by atoms with Crippen LogP contribution < -0.4 is 10.1 Å². The van der Waals surface area contributed by atoms with Crippen LogP contribution in [0.15, 0.2) is 12.4 Å². The Balaban J connectivity index is 2.40. The first kappa shape index (κ1) is 12.9. The van der Waals surface area contributed by atoms with Crippen LogP contribution in [-0.2, 0) is 6.54 Å². The van der Waals surface area contributed by atoms with Crippen molar-refractivity contribution in [3.8, 4) is 5.88 Å². The highest BCUT2D eigenvalue weighted by Crippen LogP contribution is 2.05. The predicted molar refractivity (Wildman–Crippen MR) is 64.4 cm³/mol. The first-order valence-electron chi connectivity index (χ1n) is 5.86. The van der Waals surface area contributed by atoms with Gasteiger partial charge in [0, 0.05) is 12.7 Å². The van der Waals surface area contributed by atoms with E-state index in [1.54, 1.807) is 12.4 Å². The highest BCUT2D eigenvalue weighted by Gasteiger charge is 2.00. The monoisotopic (exact) mass is 223 g/mol. The Morgan fingerprint density at radius 3 is 2.88 bits per heavy atom. The van der Waals surface area contributed by atoms with Gasteiger partial charge in [0.2, 0.25) is 5.88 Å². The average Bonchev–Trinajstić information content (AvgIpc) is 2.26. The molecule has 0 atom stereocenters. The molecule has 0 unspecified atom stereocenters. The van der Waals surface area contributed by atoms with Crippen LogP contribution in [0.1, 0.15) is 32.9 Å². The van der Waals surface area contributed by atoms with Gasteiger partial charge in [0.15, 0.2) is 0 Å². The summed E-state index contributed by atoms with van der Waals surface area (Å²) in [6.45, 7) is 8.86. The molecule has 0 radical (unpaired) electrons. The molecule has 4 heteroatoms. The Labute approximate surface area is 97.5 Å². The minimum absolute atomic E-state index is 0.616. The van der Waals surface area contributed by atoms with Crippen LogP contribution in [0.25, 0.3) is 0 Å². The van der Waals surface area contributed by atoms with E-state index >= 15 is 0 Å². The summed E-state index contributed by atoms with van der Waals surface area (Å²) in [5.74, 6) is 1.26. The van der Waals surface area contributed by atoms with Gasteiger partial charge in [-0.05, 0) is 18.9 Å². The van der Waals surface area contributed by atoms with Gasteiger partial charge >= 0.3 is 0 Å². The minimum atomic E-state index is 0.616. The maximum Gasteiger partial charge on any atom is 0.232 e. The highest BCUT2D eigenvalue weighted by molar-refractivity contribution is 5.08. The average molecular weight is 223 g/mol. The summed E-state index contributed by atoms with van der Waals surface area (Å²) in [6, 6.07) is 0. The number of ether oxygens (including phenoxy) is 1. The predicted octanol–water partition coefficient (Wildman–Crippen LogP) is 2.01. The molecule has 0 aliphatic carbocycles. The zero-order valence-corrected chi connectivity index (χ0v) is 10.4. The summed E-state index contributed by atoms with van der Waals surface area (Å²) in [4.78, 5) is 8.47. The molecule has 1 aromatic heterocycles. The molecule has 0 aliphatic rings. The maximum absolute atomic E-state index is 5.42. The molecular formula is C12H21N3O. The summed E-state index contributed by atoms with van der Waals surface area (Å²) in [7, 11) is 0. The van der Waals surface area contributed by atoms with Crippen LogP contribution in [0.3, 0.4) is 0 Å². The molecule has 0 amide bonds. The Morgan fingerprint density at radius 2 is 2.19 bits per heavy atom. The van der Waals surface area contributed by atoms with E-state index in [2.05, 4.69) is 36.1 Å². The first-order chi connectivity index (χ1) is 7.72. The van der Waals surface area contributed by atoms with Gasteiger partial charge in [0.05, 0.1) is 18.5 Å². The van der Waals surface area contributed by atoms with Crippen LogP contribution in [0.5, 0.6) is 5.88 Å². The molecule has 0 aliphatic heterocycles. The molecule has 1 rings (SSSR count). The number of aromatic nitrogens is 2. The third-order valence-corrected chi connectivity index (χ3v) is 1.98.